The van der Waals surface area contributed by atoms with Crippen molar-refractivity contribution in [1.29, 1.82) is 0 Å². The Morgan fingerprint density at radius 2 is 2.25 bits per heavy atom. The second-order valence-electron chi connectivity index (χ2n) is 3.51. The Hall–Kier alpha value is -0.540. The van der Waals surface area contributed by atoms with Gasteiger partial charge in [0.25, 0.3) is 0 Å². The summed E-state index contributed by atoms with van der Waals surface area (Å²) in [5.74, 6) is -0.237. The Balaban J connectivity index is 2.66. The molecule has 0 aliphatic heterocycles. The lowest BCUT2D eigenvalue weighted by atomic mass is 10.1. The smallest absolute Gasteiger partial charge is 0.320 e. The summed E-state index contributed by atoms with van der Waals surface area (Å²) in [6.45, 7) is 4.14. The fraction of sp³-hybridized carbons (Fsp3) is 0.417. The summed E-state index contributed by atoms with van der Waals surface area (Å²) >= 11 is 9.31. The Labute approximate surface area is 109 Å². The summed E-state index contributed by atoms with van der Waals surface area (Å²) in [6, 6.07) is 5.79. The van der Waals surface area contributed by atoms with Crippen LogP contribution in [0.3, 0.4) is 0 Å². The average Bonchev–Trinajstić information content (AvgIpc) is 2.24. The number of halogens is 2. The molecule has 16 heavy (non-hydrogen) atoms. The van der Waals surface area contributed by atoms with Gasteiger partial charge in [-0.15, -0.1) is 0 Å². The molecule has 1 rings (SSSR count). The van der Waals surface area contributed by atoms with Gasteiger partial charge in [0.05, 0.1) is 6.61 Å². The molecule has 0 bridgehead atoms. The summed E-state index contributed by atoms with van der Waals surface area (Å²) in [5, 5.41) is 0.723. The van der Waals surface area contributed by atoms with E-state index in [-0.39, 0.29) is 10.8 Å². The van der Waals surface area contributed by atoms with Gasteiger partial charge in [-0.3, -0.25) is 4.79 Å². The standard InChI is InChI=1S/C12H14BrClO2/c1-3-16-12(15)10(13)6-9-5-4-8(2)11(14)7-9/h4-5,7,10H,3,6H2,1-2H3. The van der Waals surface area contributed by atoms with Crippen LogP contribution in [0.5, 0.6) is 0 Å². The first-order valence-corrected chi connectivity index (χ1v) is 6.39. The maximum absolute atomic E-state index is 11.4. The molecule has 0 aromatic heterocycles. The molecule has 4 heteroatoms. The van der Waals surface area contributed by atoms with Crippen molar-refractivity contribution in [1.82, 2.24) is 0 Å². The molecule has 0 fully saturated rings. The van der Waals surface area contributed by atoms with Gasteiger partial charge in [0, 0.05) is 5.02 Å². The number of benzene rings is 1. The summed E-state index contributed by atoms with van der Waals surface area (Å²) in [7, 11) is 0. The zero-order chi connectivity index (χ0) is 12.1. The molecule has 0 heterocycles. The van der Waals surface area contributed by atoms with Gasteiger partial charge < -0.3 is 4.74 Å². The highest BCUT2D eigenvalue weighted by atomic mass is 79.9. The number of esters is 1. The maximum Gasteiger partial charge on any atom is 0.320 e. The van der Waals surface area contributed by atoms with Gasteiger partial charge in [0.15, 0.2) is 0 Å². The summed E-state index contributed by atoms with van der Waals surface area (Å²) < 4.78 is 4.91. The van der Waals surface area contributed by atoms with Gasteiger partial charge in [0.2, 0.25) is 0 Å². The third kappa shape index (κ3) is 3.80. The quantitative estimate of drug-likeness (QED) is 0.628. The topological polar surface area (TPSA) is 26.3 Å². The molecule has 2 nitrogen and oxygen atoms in total. The van der Waals surface area contributed by atoms with Gasteiger partial charge in [0.1, 0.15) is 4.83 Å². The van der Waals surface area contributed by atoms with Crippen molar-refractivity contribution in [2.75, 3.05) is 6.61 Å². The van der Waals surface area contributed by atoms with Crippen molar-refractivity contribution < 1.29 is 9.53 Å². The molecular formula is C12H14BrClO2. The first-order valence-electron chi connectivity index (χ1n) is 5.10. The predicted octanol–water partition coefficient (Wildman–Crippen LogP) is 3.52. The van der Waals surface area contributed by atoms with Crippen LogP contribution in [0, 0.1) is 6.92 Å². The number of hydrogen-bond acceptors (Lipinski definition) is 2. The molecule has 88 valence electrons. The molecule has 0 aliphatic rings. The number of aryl methyl sites for hydroxylation is 1. The molecule has 0 N–H and O–H groups in total. The lowest BCUT2D eigenvalue weighted by molar-refractivity contribution is -0.142. The molecule has 0 saturated heterocycles. The van der Waals surface area contributed by atoms with Crippen LogP contribution in [-0.4, -0.2) is 17.4 Å². The first-order chi connectivity index (χ1) is 7.54. The van der Waals surface area contributed by atoms with Gasteiger partial charge in [-0.2, -0.15) is 0 Å². The van der Waals surface area contributed by atoms with E-state index in [1.54, 1.807) is 6.92 Å². The van der Waals surface area contributed by atoms with Crippen molar-refractivity contribution in [3.63, 3.8) is 0 Å². The van der Waals surface area contributed by atoms with E-state index in [4.69, 9.17) is 16.3 Å². The van der Waals surface area contributed by atoms with Crippen LogP contribution < -0.4 is 0 Å². The molecule has 0 amide bonds. The van der Waals surface area contributed by atoms with Crippen LogP contribution in [0.2, 0.25) is 5.02 Å². The van der Waals surface area contributed by atoms with Crippen molar-refractivity contribution >= 4 is 33.5 Å². The van der Waals surface area contributed by atoms with Crippen LogP contribution in [0.4, 0.5) is 0 Å². The highest BCUT2D eigenvalue weighted by molar-refractivity contribution is 9.10. The van der Waals surface area contributed by atoms with Crippen molar-refractivity contribution in [2.45, 2.75) is 25.1 Å². The molecule has 0 radical (unpaired) electrons. The van der Waals surface area contributed by atoms with Gasteiger partial charge in [-0.05, 0) is 37.5 Å². The number of rotatable bonds is 4. The van der Waals surface area contributed by atoms with E-state index in [1.165, 1.54) is 0 Å². The van der Waals surface area contributed by atoms with Crippen molar-refractivity contribution in [2.24, 2.45) is 0 Å². The Morgan fingerprint density at radius 1 is 1.56 bits per heavy atom. The summed E-state index contributed by atoms with van der Waals surface area (Å²) in [6.07, 6.45) is 0.582. The molecule has 1 atom stereocenters. The van der Waals surface area contributed by atoms with E-state index in [9.17, 15) is 4.79 Å². The van der Waals surface area contributed by atoms with E-state index in [1.807, 2.05) is 25.1 Å². The minimum atomic E-state index is -0.314. The monoisotopic (exact) mass is 304 g/mol. The van der Waals surface area contributed by atoms with Crippen LogP contribution in [0.15, 0.2) is 18.2 Å². The third-order valence-corrected chi connectivity index (χ3v) is 3.30. The lowest BCUT2D eigenvalue weighted by Gasteiger charge is -2.09. The zero-order valence-electron chi connectivity index (χ0n) is 9.30. The molecule has 0 aliphatic carbocycles. The van der Waals surface area contributed by atoms with Crippen LogP contribution in [-0.2, 0) is 16.0 Å². The van der Waals surface area contributed by atoms with E-state index in [2.05, 4.69) is 15.9 Å². The highest BCUT2D eigenvalue weighted by Crippen LogP contribution is 2.19. The van der Waals surface area contributed by atoms with Gasteiger partial charge in [-0.25, -0.2) is 0 Å². The van der Waals surface area contributed by atoms with Crippen LogP contribution >= 0.6 is 27.5 Å². The maximum atomic E-state index is 11.4. The molecule has 0 spiro atoms. The third-order valence-electron chi connectivity index (χ3n) is 2.19. The predicted molar refractivity (Wildman–Crippen MR) is 69.2 cm³/mol. The SMILES string of the molecule is CCOC(=O)C(Br)Cc1ccc(C)c(Cl)c1. The van der Waals surface area contributed by atoms with E-state index in [0.29, 0.717) is 13.0 Å². The van der Waals surface area contributed by atoms with E-state index < -0.39 is 0 Å². The Kier molecular flexibility index (Phi) is 5.29. The largest absolute Gasteiger partial charge is 0.465 e. The minimum absolute atomic E-state index is 0.237. The van der Waals surface area contributed by atoms with Crippen molar-refractivity contribution in [3.8, 4) is 0 Å². The second-order valence-corrected chi connectivity index (χ2v) is 5.02. The zero-order valence-corrected chi connectivity index (χ0v) is 11.6. The lowest BCUT2D eigenvalue weighted by Crippen LogP contribution is -2.19. The minimum Gasteiger partial charge on any atom is -0.465 e. The Morgan fingerprint density at radius 3 is 2.81 bits per heavy atom. The highest BCUT2D eigenvalue weighted by Gasteiger charge is 2.16. The van der Waals surface area contributed by atoms with E-state index in [0.717, 1.165) is 16.1 Å². The number of carbonyl (C=O) groups excluding carboxylic acids is 1. The average molecular weight is 306 g/mol. The van der Waals surface area contributed by atoms with Crippen molar-refractivity contribution in [3.05, 3.63) is 34.3 Å². The van der Waals surface area contributed by atoms with Gasteiger partial charge >= 0.3 is 5.97 Å². The molecular weight excluding hydrogens is 291 g/mol. The van der Waals surface area contributed by atoms with Crippen LogP contribution in [0.25, 0.3) is 0 Å². The van der Waals surface area contributed by atoms with E-state index >= 15 is 0 Å². The fourth-order valence-electron chi connectivity index (χ4n) is 1.29. The first kappa shape index (κ1) is 13.5. The van der Waals surface area contributed by atoms with Gasteiger partial charge in [-0.1, -0.05) is 39.7 Å². The molecule has 0 saturated carbocycles. The summed E-state index contributed by atoms with van der Waals surface area (Å²) in [4.78, 5) is 11.1. The normalized spacial score (nSPS) is 12.2. The molecule has 1 aromatic carbocycles. The Bertz CT molecular complexity index is 379. The summed E-state index contributed by atoms with van der Waals surface area (Å²) in [5.41, 5.74) is 2.05. The number of alkyl halides is 1. The number of hydrogen-bond donors (Lipinski definition) is 0. The fourth-order valence-corrected chi connectivity index (χ4v) is 2.00. The van der Waals surface area contributed by atoms with Crippen LogP contribution in [0.1, 0.15) is 18.1 Å². The number of carbonyl (C=O) groups is 1. The number of ether oxygens (including phenoxy) is 1. The molecule has 1 unspecified atom stereocenters. The second kappa shape index (κ2) is 6.26. The molecule has 1 aromatic rings.